The van der Waals surface area contributed by atoms with Gasteiger partial charge in [0.2, 0.25) is 12.2 Å². The molecular formula is C40H61NO10. The second-order valence-corrected chi connectivity index (χ2v) is 17.8. The van der Waals surface area contributed by atoms with Crippen molar-refractivity contribution in [3.05, 3.63) is 23.8 Å². The average molecular weight is 716 g/mol. The number of aromatic hydroxyl groups is 1. The number of ether oxygens (including phenoxy) is 2. The Labute approximate surface area is 302 Å². The van der Waals surface area contributed by atoms with Crippen LogP contribution in [0, 0.1) is 51.8 Å². The van der Waals surface area contributed by atoms with Crippen molar-refractivity contribution in [2.45, 2.75) is 143 Å². The first-order valence-corrected chi connectivity index (χ1v) is 19.0. The van der Waals surface area contributed by atoms with Gasteiger partial charge < -0.3 is 40.3 Å². The molecule has 0 aliphatic heterocycles. The quantitative estimate of drug-likeness (QED) is 0.132. The second kappa shape index (κ2) is 14.9. The van der Waals surface area contributed by atoms with E-state index in [1.165, 1.54) is 19.1 Å². The van der Waals surface area contributed by atoms with E-state index in [9.17, 15) is 39.9 Å². The molecular weight excluding hydrogens is 654 g/mol. The van der Waals surface area contributed by atoms with Gasteiger partial charge in [-0.15, -0.1) is 0 Å². The van der Waals surface area contributed by atoms with Crippen molar-refractivity contribution in [2.24, 2.45) is 51.8 Å². The van der Waals surface area contributed by atoms with Gasteiger partial charge in [0.15, 0.2) is 11.5 Å². The van der Waals surface area contributed by atoms with E-state index in [-0.39, 0.29) is 82.7 Å². The summed E-state index contributed by atoms with van der Waals surface area (Å²) in [6.07, 6.45) is 3.98. The number of carbonyl (C=O) groups is 3. The molecule has 0 aromatic heterocycles. The summed E-state index contributed by atoms with van der Waals surface area (Å²) in [5, 5.41) is 56.9. The lowest BCUT2D eigenvalue weighted by atomic mass is 9.43. The molecule has 13 atom stereocenters. The third-order valence-corrected chi connectivity index (χ3v) is 13.6. The van der Waals surface area contributed by atoms with E-state index in [4.69, 9.17) is 9.47 Å². The van der Waals surface area contributed by atoms with Crippen LogP contribution < -0.4 is 10.1 Å². The lowest BCUT2D eigenvalue weighted by molar-refractivity contribution is -0.207. The summed E-state index contributed by atoms with van der Waals surface area (Å²) < 4.78 is 10.8. The minimum absolute atomic E-state index is 0.00353. The first kappa shape index (κ1) is 39.3. The molecule has 11 heteroatoms. The molecule has 286 valence electrons. The molecule has 0 spiro atoms. The molecule has 4 aliphatic rings. The number of fused-ring (bicyclic) bond motifs is 5. The van der Waals surface area contributed by atoms with E-state index in [1.54, 1.807) is 26.8 Å². The smallest absolute Gasteiger partial charge is 0.326 e. The number of hydrogen-bond donors (Lipinski definition) is 6. The number of phenols is 1. The maximum atomic E-state index is 13.1. The standard InChI is InChI=1S/C40H61NO10/c1-21(26-10-11-27-35-28(20-33(45)40(26,27)7)39(6)15-14-25(42)18-24(39)19-31(35)44)8-13-34(46)41-29(36(47)48)16-23-9-12-32(30(43)17-23)50-22(2)51-37(49)38(3,4)5/h9,12,17,21-22,24-29,31,33,35,42-45H,8,10-11,13-16,18-20H2,1-7H3,(H,41,46)(H,47,48)/t21-,22?,24?,25-,26?,27?,28?,29?,31?,33+,35?,39+,40-/m1/s1. The number of aliphatic hydroxyl groups is 3. The maximum absolute atomic E-state index is 13.1. The second-order valence-electron chi connectivity index (χ2n) is 17.8. The SMILES string of the molecule is CC(OC(=O)C(C)(C)C)Oc1ccc(CC(NC(=O)CC[C@@H](C)C2CCC3C4C(O)CC5C[C@H](O)CC[C@]5(C)C4C[C@H](O)[C@@]32C)C(=O)O)cc1O. The van der Waals surface area contributed by atoms with E-state index in [1.807, 2.05) is 0 Å². The number of carbonyl (C=O) groups excluding carboxylic acids is 2. The fraction of sp³-hybridized carbons (Fsp3) is 0.775. The molecule has 0 radical (unpaired) electrons. The molecule has 1 aromatic carbocycles. The van der Waals surface area contributed by atoms with Gasteiger partial charge in [0.1, 0.15) is 6.04 Å². The average Bonchev–Trinajstić information content (AvgIpc) is 3.40. The van der Waals surface area contributed by atoms with Crippen LogP contribution in [0.3, 0.4) is 0 Å². The largest absolute Gasteiger partial charge is 0.504 e. The zero-order chi connectivity index (χ0) is 37.6. The van der Waals surface area contributed by atoms with Crippen molar-refractivity contribution in [1.82, 2.24) is 5.32 Å². The normalized spacial score (nSPS) is 36.4. The highest BCUT2D eigenvalue weighted by atomic mass is 16.7. The van der Waals surface area contributed by atoms with Gasteiger partial charge in [0.05, 0.1) is 23.7 Å². The summed E-state index contributed by atoms with van der Waals surface area (Å²) >= 11 is 0. The van der Waals surface area contributed by atoms with Crippen LogP contribution in [0.4, 0.5) is 0 Å². The van der Waals surface area contributed by atoms with Crippen LogP contribution in [-0.2, 0) is 25.5 Å². The van der Waals surface area contributed by atoms with Crippen LogP contribution in [0.25, 0.3) is 0 Å². The van der Waals surface area contributed by atoms with Crippen molar-refractivity contribution >= 4 is 17.8 Å². The Morgan fingerprint density at radius 1 is 1.00 bits per heavy atom. The fourth-order valence-corrected chi connectivity index (χ4v) is 10.7. The lowest BCUT2D eigenvalue weighted by Crippen LogP contribution is -2.62. The molecule has 11 nitrogen and oxygen atoms in total. The Bertz CT molecular complexity index is 1440. The molecule has 0 bridgehead atoms. The third-order valence-electron chi connectivity index (χ3n) is 13.6. The van der Waals surface area contributed by atoms with E-state index in [0.717, 1.165) is 32.1 Å². The molecule has 4 fully saturated rings. The first-order valence-electron chi connectivity index (χ1n) is 19.0. The first-order chi connectivity index (χ1) is 23.7. The summed E-state index contributed by atoms with van der Waals surface area (Å²) in [7, 11) is 0. The topological polar surface area (TPSA) is 183 Å². The van der Waals surface area contributed by atoms with Crippen molar-refractivity contribution in [1.29, 1.82) is 0 Å². The van der Waals surface area contributed by atoms with Crippen LogP contribution in [-0.4, -0.2) is 74.0 Å². The Balaban J connectivity index is 1.17. The zero-order valence-corrected chi connectivity index (χ0v) is 31.4. The van der Waals surface area contributed by atoms with Gasteiger partial charge in [-0.2, -0.15) is 0 Å². The fourth-order valence-electron chi connectivity index (χ4n) is 10.7. The van der Waals surface area contributed by atoms with Crippen molar-refractivity contribution in [2.75, 3.05) is 0 Å². The predicted octanol–water partition coefficient (Wildman–Crippen LogP) is 5.20. The molecule has 8 unspecified atom stereocenters. The lowest BCUT2D eigenvalue weighted by Gasteiger charge is -2.63. The van der Waals surface area contributed by atoms with Crippen LogP contribution >= 0.6 is 0 Å². The molecule has 51 heavy (non-hydrogen) atoms. The molecule has 4 saturated carbocycles. The van der Waals surface area contributed by atoms with Gasteiger partial charge in [0.25, 0.3) is 0 Å². The summed E-state index contributed by atoms with van der Waals surface area (Å²) in [6, 6.07) is 3.22. The van der Waals surface area contributed by atoms with Crippen molar-refractivity contribution in [3.8, 4) is 11.5 Å². The number of esters is 1. The number of carboxylic acids is 1. The maximum Gasteiger partial charge on any atom is 0.326 e. The highest BCUT2D eigenvalue weighted by Gasteiger charge is 2.65. The Kier molecular flexibility index (Phi) is 11.5. The highest BCUT2D eigenvalue weighted by molar-refractivity contribution is 5.83. The van der Waals surface area contributed by atoms with Gasteiger partial charge in [-0.3, -0.25) is 9.59 Å². The summed E-state index contributed by atoms with van der Waals surface area (Å²) in [6.45, 7) is 13.3. The third kappa shape index (κ3) is 7.91. The molecule has 4 aliphatic carbocycles. The molecule has 5 rings (SSSR count). The number of aliphatic hydroxyl groups excluding tert-OH is 3. The molecule has 1 aromatic rings. The zero-order valence-electron chi connectivity index (χ0n) is 31.4. The molecule has 1 amide bonds. The number of phenolic OH excluding ortho intramolecular Hbond substituents is 1. The van der Waals surface area contributed by atoms with E-state index in [2.05, 4.69) is 26.1 Å². The summed E-state index contributed by atoms with van der Waals surface area (Å²) in [5.74, 6) is -1.17. The van der Waals surface area contributed by atoms with E-state index >= 15 is 0 Å². The van der Waals surface area contributed by atoms with Crippen LogP contribution in [0.1, 0.15) is 112 Å². The summed E-state index contributed by atoms with van der Waals surface area (Å²) in [4.78, 5) is 37.4. The predicted molar refractivity (Wildman–Crippen MR) is 189 cm³/mol. The van der Waals surface area contributed by atoms with Crippen molar-refractivity contribution < 1.29 is 49.4 Å². The number of aliphatic carboxylic acids is 1. The number of benzene rings is 1. The minimum Gasteiger partial charge on any atom is -0.504 e. The van der Waals surface area contributed by atoms with Crippen molar-refractivity contribution in [3.63, 3.8) is 0 Å². The monoisotopic (exact) mass is 715 g/mol. The van der Waals surface area contributed by atoms with Crippen LogP contribution in [0.5, 0.6) is 11.5 Å². The molecule has 6 N–H and O–H groups in total. The Morgan fingerprint density at radius 3 is 2.35 bits per heavy atom. The van der Waals surface area contributed by atoms with Crippen LogP contribution in [0.15, 0.2) is 18.2 Å². The Morgan fingerprint density at radius 2 is 1.71 bits per heavy atom. The summed E-state index contributed by atoms with van der Waals surface area (Å²) in [5.41, 5.74) is -0.627. The minimum atomic E-state index is -1.21. The number of carboxylic acid groups (broad SMARTS) is 1. The van der Waals surface area contributed by atoms with Gasteiger partial charge in [0, 0.05) is 19.8 Å². The van der Waals surface area contributed by atoms with E-state index < -0.39 is 41.9 Å². The van der Waals surface area contributed by atoms with Gasteiger partial charge >= 0.3 is 11.9 Å². The van der Waals surface area contributed by atoms with E-state index in [0.29, 0.717) is 24.8 Å². The number of amides is 1. The van der Waals surface area contributed by atoms with Gasteiger partial charge in [-0.05, 0) is 136 Å². The van der Waals surface area contributed by atoms with Gasteiger partial charge in [-0.25, -0.2) is 4.79 Å². The van der Waals surface area contributed by atoms with Gasteiger partial charge in [-0.1, -0.05) is 26.8 Å². The van der Waals surface area contributed by atoms with Crippen LogP contribution in [0.2, 0.25) is 0 Å². The number of nitrogens with one attached hydrogen (secondary N) is 1. The number of hydrogen-bond acceptors (Lipinski definition) is 9. The molecule has 0 saturated heterocycles. The Hall–Kier alpha value is -2.89. The number of rotatable bonds is 11. The highest BCUT2D eigenvalue weighted by Crippen LogP contribution is 2.68. The molecule has 0 heterocycles.